The Balaban J connectivity index is 4.37. The lowest BCUT2D eigenvalue weighted by molar-refractivity contribution is -0.165. The molecule has 0 aliphatic carbocycles. The third-order valence-corrected chi connectivity index (χ3v) is 4.84. The van der Waals surface area contributed by atoms with Gasteiger partial charge < -0.3 is 18.9 Å². The maximum Gasteiger partial charge on any atom is 0.347 e. The van der Waals surface area contributed by atoms with Gasteiger partial charge in [0.25, 0.3) is 0 Å². The molecule has 0 aromatic carbocycles. The molecule has 0 spiro atoms. The van der Waals surface area contributed by atoms with Gasteiger partial charge in [-0.15, -0.1) is 0 Å². The Morgan fingerprint density at radius 2 is 0.933 bits per heavy atom. The van der Waals surface area contributed by atoms with Crippen LogP contribution in [-0.4, -0.2) is 49.3 Å². The monoisotopic (exact) mass is 428 g/mol. The van der Waals surface area contributed by atoms with E-state index in [0.29, 0.717) is 0 Å². The van der Waals surface area contributed by atoms with E-state index in [-0.39, 0.29) is 25.0 Å². The Kier molecular flexibility index (Phi) is 14.2. The molecule has 0 aliphatic rings. The van der Waals surface area contributed by atoms with Crippen LogP contribution in [0.1, 0.15) is 67.2 Å². The minimum absolute atomic E-state index is 0.259. The average Bonchev–Trinajstić information content (AvgIpc) is 2.73. The van der Waals surface area contributed by atoms with Crippen LogP contribution in [-0.2, 0) is 38.1 Å². The van der Waals surface area contributed by atoms with Crippen molar-refractivity contribution in [2.24, 2.45) is 11.8 Å². The van der Waals surface area contributed by atoms with Gasteiger partial charge in [-0.3, -0.25) is 0 Å². The van der Waals surface area contributed by atoms with Crippen LogP contribution < -0.4 is 0 Å². The first-order valence-electron chi connectivity index (χ1n) is 10.6. The molecule has 8 nitrogen and oxygen atoms in total. The number of ether oxygens (including phenoxy) is 4. The predicted octanol–water partition coefficient (Wildman–Crippen LogP) is 3.36. The molecule has 172 valence electrons. The summed E-state index contributed by atoms with van der Waals surface area (Å²) in [5.74, 6) is -2.59. The highest BCUT2D eigenvalue weighted by Gasteiger charge is 2.21. The maximum atomic E-state index is 11.9. The van der Waals surface area contributed by atoms with Crippen LogP contribution in [0, 0.1) is 11.8 Å². The van der Waals surface area contributed by atoms with Gasteiger partial charge in [-0.2, -0.15) is 0 Å². The van der Waals surface area contributed by atoms with Gasteiger partial charge in [-0.05, 0) is 25.7 Å². The molecule has 0 radical (unpaired) electrons. The molecule has 0 heterocycles. The SMILES string of the molecule is CCC(CC)COC(=O)C(C)OC(=O)/C=C/C(=O)OC(C)C(=O)OCC(CC)CC. The van der Waals surface area contributed by atoms with E-state index in [4.69, 9.17) is 18.9 Å². The first kappa shape index (κ1) is 27.6. The van der Waals surface area contributed by atoms with Gasteiger partial charge in [0.05, 0.1) is 13.2 Å². The van der Waals surface area contributed by atoms with E-state index < -0.39 is 36.1 Å². The number of hydrogen-bond donors (Lipinski definition) is 0. The quantitative estimate of drug-likeness (QED) is 0.236. The summed E-state index contributed by atoms with van der Waals surface area (Å²) in [6, 6.07) is 0. The molecule has 0 aliphatic heterocycles. The molecular formula is C22H36O8. The van der Waals surface area contributed by atoms with Crippen molar-refractivity contribution >= 4 is 23.9 Å². The second kappa shape index (κ2) is 15.5. The molecule has 0 saturated heterocycles. The molecule has 30 heavy (non-hydrogen) atoms. The lowest BCUT2D eigenvalue weighted by atomic mass is 10.1. The van der Waals surface area contributed by atoms with Crippen molar-refractivity contribution in [2.75, 3.05) is 13.2 Å². The van der Waals surface area contributed by atoms with Gasteiger partial charge in [0.15, 0.2) is 12.2 Å². The Hall–Kier alpha value is -2.38. The van der Waals surface area contributed by atoms with E-state index >= 15 is 0 Å². The molecular weight excluding hydrogens is 392 g/mol. The van der Waals surface area contributed by atoms with Gasteiger partial charge in [-0.25, -0.2) is 19.2 Å². The second-order valence-electron chi connectivity index (χ2n) is 7.12. The van der Waals surface area contributed by atoms with Gasteiger partial charge in [-0.1, -0.05) is 53.4 Å². The van der Waals surface area contributed by atoms with Crippen LogP contribution in [0.15, 0.2) is 12.2 Å². The van der Waals surface area contributed by atoms with Crippen LogP contribution in [0.3, 0.4) is 0 Å². The van der Waals surface area contributed by atoms with Crippen LogP contribution in [0.2, 0.25) is 0 Å². The van der Waals surface area contributed by atoms with Gasteiger partial charge in [0.1, 0.15) is 0 Å². The largest absolute Gasteiger partial charge is 0.463 e. The lowest BCUT2D eigenvalue weighted by Gasteiger charge is -2.16. The summed E-state index contributed by atoms with van der Waals surface area (Å²) in [5.41, 5.74) is 0. The fraction of sp³-hybridized carbons (Fsp3) is 0.727. The van der Waals surface area contributed by atoms with Gasteiger partial charge in [0.2, 0.25) is 0 Å². The van der Waals surface area contributed by atoms with E-state index in [1.54, 1.807) is 0 Å². The third-order valence-electron chi connectivity index (χ3n) is 4.84. The summed E-state index contributed by atoms with van der Waals surface area (Å²) in [4.78, 5) is 47.2. The van der Waals surface area contributed by atoms with E-state index in [0.717, 1.165) is 37.8 Å². The van der Waals surface area contributed by atoms with Crippen molar-refractivity contribution < 1.29 is 38.1 Å². The molecule has 0 aromatic rings. The zero-order valence-corrected chi connectivity index (χ0v) is 19.0. The van der Waals surface area contributed by atoms with E-state index in [1.165, 1.54) is 13.8 Å². The summed E-state index contributed by atoms with van der Waals surface area (Å²) >= 11 is 0. The minimum Gasteiger partial charge on any atom is -0.463 e. The number of carbonyl (C=O) groups is 4. The molecule has 2 unspecified atom stereocenters. The molecule has 0 aromatic heterocycles. The topological polar surface area (TPSA) is 105 Å². The summed E-state index contributed by atoms with van der Waals surface area (Å²) < 4.78 is 20.1. The third kappa shape index (κ3) is 11.6. The Morgan fingerprint density at radius 3 is 1.20 bits per heavy atom. The fourth-order valence-electron chi connectivity index (χ4n) is 2.34. The molecule has 0 saturated carbocycles. The summed E-state index contributed by atoms with van der Waals surface area (Å²) in [6.07, 6.45) is 2.97. The van der Waals surface area contributed by atoms with Gasteiger partial charge in [0, 0.05) is 12.2 Å². The Bertz CT molecular complexity index is 526. The smallest absolute Gasteiger partial charge is 0.347 e. The van der Waals surface area contributed by atoms with Crippen molar-refractivity contribution in [3.8, 4) is 0 Å². The first-order valence-corrected chi connectivity index (χ1v) is 10.6. The highest BCUT2D eigenvalue weighted by molar-refractivity contribution is 5.93. The Labute approximate surface area is 179 Å². The van der Waals surface area contributed by atoms with Crippen LogP contribution in [0.25, 0.3) is 0 Å². The highest BCUT2D eigenvalue weighted by atomic mass is 16.6. The Morgan fingerprint density at radius 1 is 0.633 bits per heavy atom. The minimum atomic E-state index is -1.11. The van der Waals surface area contributed by atoms with E-state index in [9.17, 15) is 19.2 Å². The first-order chi connectivity index (χ1) is 14.2. The molecule has 0 bridgehead atoms. The van der Waals surface area contributed by atoms with E-state index in [2.05, 4.69) is 0 Å². The average molecular weight is 429 g/mol. The van der Waals surface area contributed by atoms with Crippen LogP contribution >= 0.6 is 0 Å². The standard InChI is InChI=1S/C22H36O8/c1-7-17(8-2)13-27-21(25)15(5)29-19(23)11-12-20(24)30-16(6)22(26)28-14-18(9-3)10-4/h11-12,15-18H,7-10,13-14H2,1-6H3/b12-11+. The van der Waals surface area contributed by atoms with Crippen molar-refractivity contribution in [1.29, 1.82) is 0 Å². The zero-order valence-electron chi connectivity index (χ0n) is 19.0. The van der Waals surface area contributed by atoms with Crippen molar-refractivity contribution in [3.63, 3.8) is 0 Å². The maximum absolute atomic E-state index is 11.9. The van der Waals surface area contributed by atoms with E-state index in [1.807, 2.05) is 27.7 Å². The second-order valence-corrected chi connectivity index (χ2v) is 7.12. The molecule has 0 N–H and O–H groups in total. The van der Waals surface area contributed by atoms with Crippen molar-refractivity contribution in [3.05, 3.63) is 12.2 Å². The summed E-state index contributed by atoms with van der Waals surface area (Å²) in [6.45, 7) is 11.3. The number of carbonyl (C=O) groups excluding carboxylic acids is 4. The van der Waals surface area contributed by atoms with Crippen molar-refractivity contribution in [1.82, 2.24) is 0 Å². The summed E-state index contributed by atoms with van der Waals surface area (Å²) in [5, 5.41) is 0. The zero-order chi connectivity index (χ0) is 23.1. The fourth-order valence-corrected chi connectivity index (χ4v) is 2.34. The van der Waals surface area contributed by atoms with Gasteiger partial charge >= 0.3 is 23.9 Å². The van der Waals surface area contributed by atoms with Crippen LogP contribution in [0.5, 0.6) is 0 Å². The molecule has 2 atom stereocenters. The number of rotatable bonds is 14. The number of esters is 4. The highest BCUT2D eigenvalue weighted by Crippen LogP contribution is 2.10. The van der Waals surface area contributed by atoms with Crippen LogP contribution in [0.4, 0.5) is 0 Å². The normalized spacial score (nSPS) is 13.2. The van der Waals surface area contributed by atoms with Crippen molar-refractivity contribution in [2.45, 2.75) is 79.4 Å². The molecule has 0 fully saturated rings. The summed E-state index contributed by atoms with van der Waals surface area (Å²) in [7, 11) is 0. The predicted molar refractivity (Wildman–Crippen MR) is 110 cm³/mol. The molecule has 0 amide bonds. The molecule has 8 heteroatoms. The lowest BCUT2D eigenvalue weighted by Crippen LogP contribution is -2.28. The number of hydrogen-bond acceptors (Lipinski definition) is 8. The molecule has 0 rings (SSSR count).